The summed E-state index contributed by atoms with van der Waals surface area (Å²) in [6, 6.07) is 5.06. The van der Waals surface area contributed by atoms with E-state index in [1.165, 1.54) is 23.1 Å². The van der Waals surface area contributed by atoms with Crippen molar-refractivity contribution in [2.75, 3.05) is 23.4 Å². The largest absolute Gasteiger partial charge is 0.465 e. The summed E-state index contributed by atoms with van der Waals surface area (Å²) in [7, 11) is 0. The molecule has 128 valence electrons. The number of amides is 1. The summed E-state index contributed by atoms with van der Waals surface area (Å²) in [4.78, 5) is 23.0. The molecule has 0 spiro atoms. The number of aromatic nitrogens is 2. The van der Waals surface area contributed by atoms with Gasteiger partial charge in [-0.3, -0.25) is 14.9 Å². The van der Waals surface area contributed by atoms with Crippen LogP contribution >= 0.6 is 46.3 Å². The lowest BCUT2D eigenvalue weighted by atomic mass is 10.2. The van der Waals surface area contributed by atoms with E-state index in [-0.39, 0.29) is 23.4 Å². The molecule has 1 heterocycles. The Morgan fingerprint density at radius 3 is 2.79 bits per heavy atom. The van der Waals surface area contributed by atoms with Crippen LogP contribution in [0.3, 0.4) is 0 Å². The molecule has 0 radical (unpaired) electrons. The molecule has 0 saturated heterocycles. The highest BCUT2D eigenvalue weighted by molar-refractivity contribution is 8.00. The third-order valence-corrected chi connectivity index (χ3v) is 4.92. The van der Waals surface area contributed by atoms with Crippen LogP contribution in [0.5, 0.6) is 0 Å². The maximum Gasteiger partial charge on any atom is 0.315 e. The number of nitrogens with one attached hydrogen (secondary N) is 1. The number of carbonyl (C=O) groups is 2. The first kappa shape index (κ1) is 19.0. The Labute approximate surface area is 156 Å². The highest BCUT2D eigenvalue weighted by Gasteiger charge is 2.13. The number of hydrogen-bond acceptors (Lipinski definition) is 7. The molecule has 0 atom stereocenters. The zero-order valence-electron chi connectivity index (χ0n) is 12.5. The predicted octanol–water partition coefficient (Wildman–Crippen LogP) is 3.75. The average molecular weight is 406 g/mol. The minimum absolute atomic E-state index is 0.120. The SMILES string of the molecule is CCOC(=O)CSCC(=O)Nc1nnc(-c2ccc(Cl)cc2Cl)s1. The van der Waals surface area contributed by atoms with Gasteiger partial charge < -0.3 is 4.74 Å². The summed E-state index contributed by atoms with van der Waals surface area (Å²) >= 11 is 14.4. The van der Waals surface area contributed by atoms with E-state index < -0.39 is 0 Å². The van der Waals surface area contributed by atoms with Gasteiger partial charge >= 0.3 is 5.97 Å². The zero-order chi connectivity index (χ0) is 17.5. The van der Waals surface area contributed by atoms with Crippen molar-refractivity contribution in [3.8, 4) is 10.6 Å². The summed E-state index contributed by atoms with van der Waals surface area (Å²) in [6.45, 7) is 2.06. The smallest absolute Gasteiger partial charge is 0.315 e. The molecule has 10 heteroatoms. The molecule has 2 aromatic rings. The molecular weight excluding hydrogens is 393 g/mol. The molecule has 1 amide bonds. The quantitative estimate of drug-likeness (QED) is 0.706. The highest BCUT2D eigenvalue weighted by Crippen LogP contribution is 2.33. The topological polar surface area (TPSA) is 81.2 Å². The highest BCUT2D eigenvalue weighted by atomic mass is 35.5. The molecule has 0 aliphatic heterocycles. The van der Waals surface area contributed by atoms with E-state index in [9.17, 15) is 9.59 Å². The summed E-state index contributed by atoms with van der Waals surface area (Å²) in [5.74, 6) is -0.363. The molecule has 6 nitrogen and oxygen atoms in total. The number of halogens is 2. The first-order valence-corrected chi connectivity index (χ1v) is 9.54. The van der Waals surface area contributed by atoms with Gasteiger partial charge in [0.15, 0.2) is 5.01 Å². The number of nitrogens with zero attached hydrogens (tertiary/aromatic N) is 2. The van der Waals surface area contributed by atoms with Gasteiger partial charge in [0.2, 0.25) is 11.0 Å². The summed E-state index contributed by atoms with van der Waals surface area (Å²) in [5, 5.41) is 12.5. The number of anilines is 1. The molecule has 2 rings (SSSR count). The van der Waals surface area contributed by atoms with Crippen molar-refractivity contribution in [3.05, 3.63) is 28.2 Å². The Hall–Kier alpha value is -1.35. The monoisotopic (exact) mass is 405 g/mol. The number of hydrogen-bond donors (Lipinski definition) is 1. The van der Waals surface area contributed by atoms with E-state index in [1.807, 2.05) is 0 Å². The van der Waals surface area contributed by atoms with Crippen molar-refractivity contribution in [1.29, 1.82) is 0 Å². The van der Waals surface area contributed by atoms with Crippen LogP contribution in [0.2, 0.25) is 10.0 Å². The van der Waals surface area contributed by atoms with Crippen molar-refractivity contribution < 1.29 is 14.3 Å². The Balaban J connectivity index is 1.89. The molecule has 0 aliphatic carbocycles. The van der Waals surface area contributed by atoms with Crippen molar-refractivity contribution in [3.63, 3.8) is 0 Å². The van der Waals surface area contributed by atoms with Gasteiger partial charge in [0.1, 0.15) is 0 Å². The van der Waals surface area contributed by atoms with Crippen LogP contribution in [0.1, 0.15) is 6.92 Å². The van der Waals surface area contributed by atoms with Crippen LogP contribution in [-0.4, -0.2) is 40.2 Å². The third kappa shape index (κ3) is 5.62. The number of ether oxygens (including phenoxy) is 1. The lowest BCUT2D eigenvalue weighted by molar-refractivity contribution is -0.139. The second-order valence-electron chi connectivity index (χ2n) is 4.38. The van der Waals surface area contributed by atoms with Crippen LogP contribution in [0.15, 0.2) is 18.2 Å². The first-order chi connectivity index (χ1) is 11.5. The van der Waals surface area contributed by atoms with Gasteiger partial charge in [-0.2, -0.15) is 0 Å². The van der Waals surface area contributed by atoms with Gasteiger partial charge in [0.25, 0.3) is 0 Å². The predicted molar refractivity (Wildman–Crippen MR) is 98.0 cm³/mol. The summed E-state index contributed by atoms with van der Waals surface area (Å²) < 4.78 is 4.78. The standard InChI is InChI=1S/C14H13Cl2N3O3S2/c1-2-22-12(21)7-23-6-11(20)17-14-19-18-13(24-14)9-4-3-8(15)5-10(9)16/h3-5H,2,6-7H2,1H3,(H,17,19,20). The van der Waals surface area contributed by atoms with E-state index >= 15 is 0 Å². The second-order valence-corrected chi connectivity index (χ2v) is 7.19. The van der Waals surface area contributed by atoms with Gasteiger partial charge in [-0.25, -0.2) is 0 Å². The number of rotatable bonds is 7. The average Bonchev–Trinajstić information content (AvgIpc) is 2.95. The number of thioether (sulfide) groups is 1. The molecular formula is C14H13Cl2N3O3S2. The van der Waals surface area contributed by atoms with Crippen LogP contribution < -0.4 is 5.32 Å². The fourth-order valence-corrected chi connectivity index (χ4v) is 3.59. The van der Waals surface area contributed by atoms with Gasteiger partial charge in [-0.1, -0.05) is 34.5 Å². The van der Waals surface area contributed by atoms with Crippen LogP contribution in [0.4, 0.5) is 5.13 Å². The first-order valence-electron chi connectivity index (χ1n) is 6.81. The maximum atomic E-state index is 11.8. The van der Waals surface area contributed by atoms with Gasteiger partial charge in [-0.05, 0) is 25.1 Å². The number of esters is 1. The Morgan fingerprint density at radius 1 is 1.29 bits per heavy atom. The Bertz CT molecular complexity index is 740. The summed E-state index contributed by atoms with van der Waals surface area (Å²) in [5.41, 5.74) is 0.691. The Kier molecular flexibility index (Phi) is 7.29. The van der Waals surface area contributed by atoms with Crippen LogP contribution in [0.25, 0.3) is 10.6 Å². The van der Waals surface area contributed by atoms with Crippen molar-refractivity contribution in [1.82, 2.24) is 10.2 Å². The minimum atomic E-state index is -0.342. The van der Waals surface area contributed by atoms with E-state index in [0.29, 0.717) is 32.4 Å². The lowest BCUT2D eigenvalue weighted by Gasteiger charge is -2.02. The molecule has 1 N–H and O–H groups in total. The van der Waals surface area contributed by atoms with Gasteiger partial charge in [-0.15, -0.1) is 22.0 Å². The van der Waals surface area contributed by atoms with Crippen LogP contribution in [0, 0.1) is 0 Å². The van der Waals surface area contributed by atoms with Gasteiger partial charge in [0.05, 0.1) is 23.1 Å². The van der Waals surface area contributed by atoms with E-state index in [4.69, 9.17) is 27.9 Å². The zero-order valence-corrected chi connectivity index (χ0v) is 15.7. The van der Waals surface area contributed by atoms with Crippen LogP contribution in [-0.2, 0) is 14.3 Å². The molecule has 0 saturated carbocycles. The number of carbonyl (C=O) groups excluding carboxylic acids is 2. The summed E-state index contributed by atoms with van der Waals surface area (Å²) in [6.07, 6.45) is 0. The molecule has 1 aromatic heterocycles. The minimum Gasteiger partial charge on any atom is -0.465 e. The Morgan fingerprint density at radius 2 is 2.08 bits per heavy atom. The number of benzene rings is 1. The molecule has 0 unspecified atom stereocenters. The second kappa shape index (κ2) is 9.22. The molecule has 0 aliphatic rings. The fraction of sp³-hybridized carbons (Fsp3) is 0.286. The van der Waals surface area contributed by atoms with E-state index in [1.54, 1.807) is 25.1 Å². The van der Waals surface area contributed by atoms with E-state index in [0.717, 1.165) is 0 Å². The fourth-order valence-electron chi connectivity index (χ4n) is 1.63. The maximum absolute atomic E-state index is 11.8. The van der Waals surface area contributed by atoms with Gasteiger partial charge in [0, 0.05) is 10.6 Å². The molecule has 0 bridgehead atoms. The third-order valence-electron chi connectivity index (χ3n) is 2.59. The molecule has 1 aromatic carbocycles. The lowest BCUT2D eigenvalue weighted by Crippen LogP contribution is -2.16. The van der Waals surface area contributed by atoms with Crippen molar-refractivity contribution in [2.24, 2.45) is 0 Å². The van der Waals surface area contributed by atoms with E-state index in [2.05, 4.69) is 15.5 Å². The molecule has 24 heavy (non-hydrogen) atoms. The van der Waals surface area contributed by atoms with Crippen molar-refractivity contribution >= 4 is 63.3 Å². The van der Waals surface area contributed by atoms with Crippen molar-refractivity contribution in [2.45, 2.75) is 6.92 Å². The molecule has 0 fully saturated rings. The normalized spacial score (nSPS) is 10.5.